The van der Waals surface area contributed by atoms with Crippen LogP contribution in [0, 0.1) is 0 Å². The van der Waals surface area contributed by atoms with Crippen molar-refractivity contribution in [3.05, 3.63) is 59.7 Å². The van der Waals surface area contributed by atoms with Gasteiger partial charge in [0.15, 0.2) is 0 Å². The monoisotopic (exact) mass is 742 g/mol. The fourth-order valence-electron chi connectivity index (χ4n) is 8.94. The number of fused-ring (bicyclic) bond motifs is 2. The highest BCUT2D eigenvalue weighted by Crippen LogP contribution is 2.85. The van der Waals surface area contributed by atoms with E-state index in [2.05, 4.69) is 76.6 Å². The normalized spacial score (nSPS) is 33.4. The van der Waals surface area contributed by atoms with E-state index < -0.39 is 30.2 Å². The van der Waals surface area contributed by atoms with E-state index in [0.29, 0.717) is 0 Å². The van der Waals surface area contributed by atoms with Crippen molar-refractivity contribution >= 4 is 30.2 Å². The molecule has 8 aliphatic rings. The van der Waals surface area contributed by atoms with E-state index in [1.807, 2.05) is 0 Å². The molecule has 0 aromatic heterocycles. The smallest absolute Gasteiger partial charge is 0.335 e. The number of nitrogens with zero attached hydrogens (tertiary/aromatic N) is 10. The van der Waals surface area contributed by atoms with Crippen molar-refractivity contribution in [2.75, 3.05) is 65.4 Å². The standard InChI is InChI=1S/C33H50N10O2P4/c1-3-16-32-30(14-1)28-42-26-13-27-43-29-31-15-2-4-17-33(31)45-49(43)36-47(40-22-9-10-23-40,41-24-11-12-25-41)34-46(38-18-5-6-19-38,39-20-7-8-21-39)35-48(42,37-49)44-32/h1-4,14-17H,5-13,18-29H2. The van der Waals surface area contributed by atoms with Crippen LogP contribution in [0.1, 0.15) is 68.9 Å². The van der Waals surface area contributed by atoms with Crippen LogP contribution in [-0.4, -0.2) is 93.5 Å². The van der Waals surface area contributed by atoms with Gasteiger partial charge in [-0.3, -0.25) is 0 Å². The predicted octanol–water partition coefficient (Wildman–Crippen LogP) is 9.36. The van der Waals surface area contributed by atoms with Gasteiger partial charge in [0.25, 0.3) is 0 Å². The van der Waals surface area contributed by atoms with Gasteiger partial charge in [-0.25, -0.2) is 28.0 Å². The fourth-order valence-corrected chi connectivity index (χ4v) is 28.4. The summed E-state index contributed by atoms with van der Waals surface area (Å²) in [5.41, 5.74) is 2.44. The highest BCUT2D eigenvalue weighted by molar-refractivity contribution is 7.82. The topological polar surface area (TPSA) is 87.3 Å². The van der Waals surface area contributed by atoms with Crippen LogP contribution in [0.4, 0.5) is 0 Å². The summed E-state index contributed by atoms with van der Waals surface area (Å²) in [4.78, 5) is 0. The number of hydrogen-bond acceptors (Lipinski definition) is 12. The molecule has 16 heteroatoms. The minimum absolute atomic E-state index is 0.784. The third-order valence-electron chi connectivity index (χ3n) is 11.5. The maximum absolute atomic E-state index is 7.46. The molecule has 2 aromatic rings. The summed E-state index contributed by atoms with van der Waals surface area (Å²) in [6.45, 7) is 11.6. The van der Waals surface area contributed by atoms with Crippen LogP contribution >= 0.6 is 30.2 Å². The molecular weight excluding hydrogens is 692 g/mol. The predicted molar refractivity (Wildman–Crippen MR) is 200 cm³/mol. The van der Waals surface area contributed by atoms with E-state index in [1.165, 1.54) is 62.5 Å². The molecule has 2 unspecified atom stereocenters. The third kappa shape index (κ3) is 5.30. The van der Waals surface area contributed by atoms with Crippen molar-refractivity contribution in [2.45, 2.75) is 70.9 Å². The molecule has 2 atom stereocenters. The van der Waals surface area contributed by atoms with E-state index in [-0.39, 0.29) is 0 Å². The average Bonchev–Trinajstić information content (AvgIpc) is 3.95. The zero-order chi connectivity index (χ0) is 32.5. The maximum atomic E-state index is 7.46. The summed E-state index contributed by atoms with van der Waals surface area (Å²) < 4.78 is 56.3. The van der Waals surface area contributed by atoms with Gasteiger partial charge in [0.2, 0.25) is 15.0 Å². The Labute approximate surface area is 292 Å². The van der Waals surface area contributed by atoms with Gasteiger partial charge in [-0.05, 0) is 69.9 Å². The third-order valence-corrected chi connectivity index (χ3v) is 26.7. The van der Waals surface area contributed by atoms with Crippen molar-refractivity contribution in [3.63, 3.8) is 0 Å². The zero-order valence-electron chi connectivity index (χ0n) is 28.5. The lowest BCUT2D eigenvalue weighted by Gasteiger charge is -2.50. The van der Waals surface area contributed by atoms with Crippen LogP contribution < -0.4 is 9.05 Å². The van der Waals surface area contributed by atoms with E-state index >= 15 is 0 Å². The van der Waals surface area contributed by atoms with Gasteiger partial charge in [0.1, 0.15) is 11.5 Å². The van der Waals surface area contributed by atoms with Crippen molar-refractivity contribution in [1.82, 2.24) is 28.0 Å². The Morgan fingerprint density at radius 2 is 0.755 bits per heavy atom. The van der Waals surface area contributed by atoms with Crippen molar-refractivity contribution in [3.8, 4) is 11.5 Å². The summed E-state index contributed by atoms with van der Waals surface area (Å²) in [6.07, 6.45) is 10.5. The summed E-state index contributed by atoms with van der Waals surface area (Å²) >= 11 is 0. The summed E-state index contributed by atoms with van der Waals surface area (Å²) in [7, 11) is -11.5. The lowest BCUT2D eigenvalue weighted by Crippen LogP contribution is -2.37. The summed E-state index contributed by atoms with van der Waals surface area (Å²) in [5.74, 6) is 1.84. The maximum Gasteiger partial charge on any atom is 0.335 e. The Morgan fingerprint density at radius 3 is 1.20 bits per heavy atom. The Hall–Kier alpha value is -1.28. The van der Waals surface area contributed by atoms with Gasteiger partial charge < -0.3 is 9.05 Å². The molecule has 12 nitrogen and oxygen atoms in total. The van der Waals surface area contributed by atoms with Gasteiger partial charge >= 0.3 is 15.2 Å². The average molecular weight is 743 g/mol. The van der Waals surface area contributed by atoms with Crippen LogP contribution in [0.5, 0.6) is 11.5 Å². The van der Waals surface area contributed by atoms with E-state index in [9.17, 15) is 0 Å². The van der Waals surface area contributed by atoms with Crippen LogP contribution in [0.15, 0.2) is 66.6 Å². The van der Waals surface area contributed by atoms with Crippen molar-refractivity contribution < 1.29 is 9.05 Å². The van der Waals surface area contributed by atoms with Crippen LogP contribution in [0.3, 0.4) is 0 Å². The molecule has 4 fully saturated rings. The minimum Gasteiger partial charge on any atom is -0.430 e. The molecule has 0 aliphatic carbocycles. The SMILES string of the molecule is c1ccc2c(c1)CN1CCCN3Cc4ccccc4OP34=NP(N3CCCC3)(N3CCCC3)=NP(N3CCCC3)(N3CCCC3)=NP1(=N4)O2. The molecule has 0 N–H and O–H groups in total. The molecule has 8 heterocycles. The Morgan fingerprint density at radius 1 is 0.388 bits per heavy atom. The highest BCUT2D eigenvalue weighted by atomic mass is 31.3. The Balaban J connectivity index is 1.35. The van der Waals surface area contributed by atoms with Gasteiger partial charge in [0.05, 0.1) is 0 Å². The first kappa shape index (κ1) is 32.4. The van der Waals surface area contributed by atoms with Crippen molar-refractivity contribution in [1.29, 1.82) is 0 Å². The van der Waals surface area contributed by atoms with E-state index in [0.717, 1.165) is 96.5 Å². The molecule has 264 valence electrons. The first-order chi connectivity index (χ1) is 24.1. The van der Waals surface area contributed by atoms with Gasteiger partial charge in [-0.15, -0.1) is 4.52 Å². The molecule has 0 amide bonds. The van der Waals surface area contributed by atoms with E-state index in [1.54, 1.807) is 0 Å². The quantitative estimate of drug-likeness (QED) is 0.287. The largest absolute Gasteiger partial charge is 0.430 e. The van der Waals surface area contributed by atoms with Gasteiger partial charge in [-0.2, -0.15) is 13.5 Å². The molecule has 10 rings (SSSR count). The minimum atomic E-state index is -3.05. The van der Waals surface area contributed by atoms with Crippen molar-refractivity contribution in [2.24, 2.45) is 18.1 Å². The molecule has 2 aromatic carbocycles. The first-order valence-corrected chi connectivity index (χ1v) is 25.1. The number of para-hydroxylation sites is 2. The molecule has 2 spiro atoms. The fraction of sp³-hybridized carbons (Fsp3) is 0.636. The number of benzene rings is 2. The molecule has 4 saturated heterocycles. The second-order valence-corrected chi connectivity index (χ2v) is 25.4. The Bertz CT molecular complexity index is 1710. The molecule has 2 bridgehead atoms. The van der Waals surface area contributed by atoms with Gasteiger partial charge in [0, 0.05) is 89.7 Å². The molecule has 8 aliphatic heterocycles. The van der Waals surface area contributed by atoms with Crippen LogP contribution in [0.25, 0.3) is 0 Å². The van der Waals surface area contributed by atoms with Crippen LogP contribution in [-0.2, 0) is 13.1 Å². The molecule has 0 saturated carbocycles. The van der Waals surface area contributed by atoms with E-state index in [4.69, 9.17) is 27.1 Å². The number of hydrogen-bond donors (Lipinski definition) is 0. The van der Waals surface area contributed by atoms with Gasteiger partial charge in [-0.1, -0.05) is 36.4 Å². The zero-order valence-corrected chi connectivity index (χ0v) is 32.1. The summed E-state index contributed by atoms with van der Waals surface area (Å²) in [6, 6.07) is 17.2. The molecule has 49 heavy (non-hydrogen) atoms. The highest BCUT2D eigenvalue weighted by Gasteiger charge is 2.54. The molecular formula is C33H50N10O2P4. The lowest BCUT2D eigenvalue weighted by molar-refractivity contribution is 0.310. The first-order valence-electron chi connectivity index (χ1n) is 18.7. The van der Waals surface area contributed by atoms with Crippen LogP contribution in [0.2, 0.25) is 0 Å². The Kier molecular flexibility index (Phi) is 8.39. The summed E-state index contributed by atoms with van der Waals surface area (Å²) in [5, 5.41) is 0. The lowest BCUT2D eigenvalue weighted by atomic mass is 10.2. The number of rotatable bonds is 4. The second kappa shape index (κ2) is 12.7. The second-order valence-electron chi connectivity index (χ2n) is 14.6. The molecule has 0 radical (unpaired) electrons.